The molecule has 13 nitrogen and oxygen atoms in total. The summed E-state index contributed by atoms with van der Waals surface area (Å²) >= 11 is 5.55. The van der Waals surface area contributed by atoms with E-state index in [2.05, 4.69) is 20.0 Å². The van der Waals surface area contributed by atoms with Gasteiger partial charge in [0.15, 0.2) is 23.5 Å². The first-order valence-corrected chi connectivity index (χ1v) is 16.4. The Hall–Kier alpha value is -3.67. The summed E-state index contributed by atoms with van der Waals surface area (Å²) in [6.07, 6.45) is -8.81. The quantitative estimate of drug-likeness (QED) is 0.102. The first kappa shape index (κ1) is 33.7. The minimum absolute atomic E-state index is 0.0841. The number of halogens is 4. The molecule has 1 fully saturated rings. The molecule has 0 amide bonds. The van der Waals surface area contributed by atoms with Gasteiger partial charge in [0.2, 0.25) is 11.5 Å². The molecular weight excluding hydrogens is 659 g/mol. The second-order valence-electron chi connectivity index (χ2n) is 10.7. The van der Waals surface area contributed by atoms with Crippen molar-refractivity contribution >= 4 is 52.3 Å². The fourth-order valence-electron chi connectivity index (χ4n) is 4.77. The Morgan fingerprint density at radius 1 is 1.24 bits per heavy atom. The third-order valence-corrected chi connectivity index (χ3v) is 9.55. The van der Waals surface area contributed by atoms with Gasteiger partial charge in [0.1, 0.15) is 11.8 Å². The molecule has 5 atom stereocenters. The van der Waals surface area contributed by atoms with Gasteiger partial charge < -0.3 is 29.4 Å². The number of rotatable bonds is 11. The summed E-state index contributed by atoms with van der Waals surface area (Å²) < 4.78 is 83.6. The normalized spacial score (nSPS) is 23.2. The van der Waals surface area contributed by atoms with E-state index in [9.17, 15) is 23.5 Å². The van der Waals surface area contributed by atoms with Crippen molar-refractivity contribution in [1.82, 2.24) is 24.6 Å². The van der Waals surface area contributed by atoms with Crippen LogP contribution in [0.15, 0.2) is 53.6 Å². The van der Waals surface area contributed by atoms with E-state index < -0.39 is 78.8 Å². The van der Waals surface area contributed by atoms with E-state index in [0.717, 1.165) is 11.7 Å². The van der Waals surface area contributed by atoms with E-state index >= 15 is 8.78 Å². The number of imidazole rings is 1. The zero-order chi connectivity index (χ0) is 33.6. The molecule has 248 valence electrons. The van der Waals surface area contributed by atoms with Gasteiger partial charge in [0.25, 0.3) is 12.0 Å². The zero-order valence-electron chi connectivity index (χ0n) is 24.4. The zero-order valence-corrected chi connectivity index (χ0v) is 26.1. The standard InChI is InChI=1S/C27H29F4N6O7PS/c1-13(2)42-23(40)14(3)36-45(46,44-17-9-8-15-6-4-5-7-16(15)10-17)41-11-26(24(28)29)27(30,31)19(38)22(43-26)37-12-33-18-20(37)34-25(32)35-21(18)39/h4-10,12-14,19,22,24,38H,11H2,1-3H3,(H,36,46)(H3,32,34,35,39)/t14-,19-,22+,26-,45?/m0/s1. The van der Waals surface area contributed by atoms with Crippen LogP contribution in [0.2, 0.25) is 0 Å². The SMILES string of the molecule is CC(C)OC(=O)[C@H](C)NP(=S)(OC[C@@]1(C(F)F)O[C@@H](n2cnc3c(=O)[nH]c(N)nc32)[C@H](O)C1(F)F)Oc1ccc2ccccc2c1. The highest BCUT2D eigenvalue weighted by atomic mass is 32.5. The van der Waals surface area contributed by atoms with Gasteiger partial charge in [-0.15, -0.1) is 0 Å². The number of hydrogen-bond acceptors (Lipinski definition) is 11. The summed E-state index contributed by atoms with van der Waals surface area (Å²) in [7, 11) is 0. The maximum absolute atomic E-state index is 15.8. The summed E-state index contributed by atoms with van der Waals surface area (Å²) in [6.45, 7) is -1.23. The Bertz CT molecular complexity index is 1880. The van der Waals surface area contributed by atoms with E-state index in [1.165, 1.54) is 13.0 Å². The molecule has 5 rings (SSSR count). The lowest BCUT2D eigenvalue weighted by molar-refractivity contribution is -0.241. The average molecular weight is 689 g/mol. The first-order chi connectivity index (χ1) is 21.6. The van der Waals surface area contributed by atoms with Gasteiger partial charge in [-0.3, -0.25) is 19.1 Å². The Labute approximate surface area is 263 Å². The molecule has 1 aliphatic rings. The van der Waals surface area contributed by atoms with Crippen molar-refractivity contribution in [3.05, 3.63) is 59.1 Å². The predicted octanol–water partition coefficient (Wildman–Crippen LogP) is 3.63. The molecule has 0 saturated carbocycles. The van der Waals surface area contributed by atoms with Crippen molar-refractivity contribution < 1.29 is 46.0 Å². The third kappa shape index (κ3) is 6.20. The van der Waals surface area contributed by atoms with Crippen LogP contribution in [0, 0.1) is 0 Å². The van der Waals surface area contributed by atoms with Crippen LogP contribution in [0.5, 0.6) is 5.75 Å². The number of hydrogen-bond donors (Lipinski definition) is 4. The van der Waals surface area contributed by atoms with Crippen LogP contribution >= 0.6 is 6.64 Å². The Balaban J connectivity index is 1.49. The number of benzene rings is 2. The largest absolute Gasteiger partial charge is 0.462 e. The van der Waals surface area contributed by atoms with Crippen molar-refractivity contribution in [2.24, 2.45) is 0 Å². The van der Waals surface area contributed by atoms with Crippen LogP contribution in [0.3, 0.4) is 0 Å². The van der Waals surface area contributed by atoms with E-state index in [1.54, 1.807) is 38.1 Å². The highest BCUT2D eigenvalue weighted by molar-refractivity contribution is 8.09. The fourth-order valence-corrected chi connectivity index (χ4v) is 7.18. The maximum Gasteiger partial charge on any atom is 0.323 e. The molecule has 1 unspecified atom stereocenters. The number of aromatic amines is 1. The second-order valence-corrected chi connectivity index (χ2v) is 13.9. The number of anilines is 1. The number of aliphatic hydroxyl groups excluding tert-OH is 1. The van der Waals surface area contributed by atoms with Gasteiger partial charge in [0, 0.05) is 0 Å². The van der Waals surface area contributed by atoms with Crippen LogP contribution in [-0.2, 0) is 30.6 Å². The van der Waals surface area contributed by atoms with Gasteiger partial charge >= 0.3 is 18.5 Å². The number of aliphatic hydroxyl groups is 1. The van der Waals surface area contributed by atoms with Crippen molar-refractivity contribution in [1.29, 1.82) is 0 Å². The number of aromatic nitrogens is 4. The molecule has 3 heterocycles. The predicted molar refractivity (Wildman–Crippen MR) is 161 cm³/mol. The summed E-state index contributed by atoms with van der Waals surface area (Å²) in [5.41, 5.74) is 0.134. The average Bonchev–Trinajstić information content (AvgIpc) is 3.48. The Morgan fingerprint density at radius 3 is 2.61 bits per heavy atom. The lowest BCUT2D eigenvalue weighted by Gasteiger charge is -2.35. The van der Waals surface area contributed by atoms with Gasteiger partial charge in [-0.1, -0.05) is 30.3 Å². The summed E-state index contributed by atoms with van der Waals surface area (Å²) in [6, 6.07) is 10.7. The third-order valence-electron chi connectivity index (χ3n) is 7.07. The molecule has 19 heteroatoms. The number of ether oxygens (including phenoxy) is 2. The molecule has 0 spiro atoms. The number of alkyl halides is 4. The van der Waals surface area contributed by atoms with Gasteiger partial charge in [-0.25, -0.2) is 18.9 Å². The number of esters is 1. The van der Waals surface area contributed by atoms with E-state index in [4.69, 9.17) is 36.1 Å². The molecule has 46 heavy (non-hydrogen) atoms. The van der Waals surface area contributed by atoms with Crippen LogP contribution < -0.4 is 20.9 Å². The number of nitrogens with zero attached hydrogens (tertiary/aromatic N) is 3. The van der Waals surface area contributed by atoms with Crippen molar-refractivity contribution in [3.63, 3.8) is 0 Å². The molecule has 0 aliphatic carbocycles. The highest BCUT2D eigenvalue weighted by Gasteiger charge is 2.74. The minimum Gasteiger partial charge on any atom is -0.462 e. The fraction of sp³-hybridized carbons (Fsp3) is 0.407. The Kier molecular flexibility index (Phi) is 9.15. The number of nitrogens with one attached hydrogen (secondary N) is 2. The van der Waals surface area contributed by atoms with Crippen LogP contribution in [0.1, 0.15) is 27.0 Å². The molecule has 0 bridgehead atoms. The molecule has 1 aliphatic heterocycles. The molecule has 4 aromatic rings. The number of H-pyrrole nitrogens is 1. The summed E-state index contributed by atoms with van der Waals surface area (Å²) in [4.78, 5) is 34.5. The number of carbonyl (C=O) groups is 1. The van der Waals surface area contributed by atoms with E-state index in [0.29, 0.717) is 9.95 Å². The summed E-state index contributed by atoms with van der Waals surface area (Å²) in [5.74, 6) is -5.82. The minimum atomic E-state index is -4.68. The van der Waals surface area contributed by atoms with E-state index in [1.807, 2.05) is 12.1 Å². The van der Waals surface area contributed by atoms with Crippen LogP contribution in [0.4, 0.5) is 23.5 Å². The molecule has 5 N–H and O–H groups in total. The van der Waals surface area contributed by atoms with Gasteiger partial charge in [-0.05, 0) is 55.5 Å². The number of nitrogen functional groups attached to an aromatic ring is 1. The smallest absolute Gasteiger partial charge is 0.323 e. The van der Waals surface area contributed by atoms with Crippen LogP contribution in [-0.4, -0.2) is 73.4 Å². The van der Waals surface area contributed by atoms with Crippen molar-refractivity contribution in [2.75, 3.05) is 12.3 Å². The van der Waals surface area contributed by atoms with Crippen molar-refractivity contribution in [2.45, 2.75) is 63.2 Å². The number of nitrogens with two attached hydrogens (primary N) is 1. The number of carbonyl (C=O) groups excluding carboxylic acids is 1. The lowest BCUT2D eigenvalue weighted by atomic mass is 9.95. The van der Waals surface area contributed by atoms with Crippen molar-refractivity contribution in [3.8, 4) is 5.75 Å². The molecule has 2 aromatic carbocycles. The van der Waals surface area contributed by atoms with Gasteiger partial charge in [0.05, 0.1) is 19.0 Å². The molecular formula is C27H29F4N6O7PS. The molecule has 2 aromatic heterocycles. The molecule has 0 radical (unpaired) electrons. The summed E-state index contributed by atoms with van der Waals surface area (Å²) in [5, 5.41) is 14.8. The van der Waals surface area contributed by atoms with E-state index in [-0.39, 0.29) is 11.3 Å². The maximum atomic E-state index is 15.8. The highest BCUT2D eigenvalue weighted by Crippen LogP contribution is 2.55. The number of fused-ring (bicyclic) bond motifs is 2. The van der Waals surface area contributed by atoms with Crippen LogP contribution in [0.25, 0.3) is 21.9 Å². The Morgan fingerprint density at radius 2 is 1.93 bits per heavy atom. The second kappa shape index (κ2) is 12.5. The topological polar surface area (TPSA) is 176 Å². The lowest BCUT2D eigenvalue weighted by Crippen LogP contribution is -2.57. The first-order valence-electron chi connectivity index (χ1n) is 13.7. The monoisotopic (exact) mass is 688 g/mol. The molecule has 1 saturated heterocycles. The van der Waals surface area contributed by atoms with Gasteiger partial charge in [-0.2, -0.15) is 13.8 Å².